The SMILES string of the molecule is C=CCCNc1snc(N)c1OC. The molecule has 0 aliphatic heterocycles. The summed E-state index contributed by atoms with van der Waals surface area (Å²) in [4.78, 5) is 0. The molecule has 0 fully saturated rings. The molecule has 0 radical (unpaired) electrons. The lowest BCUT2D eigenvalue weighted by atomic mass is 10.4. The lowest BCUT2D eigenvalue weighted by Crippen LogP contribution is -2.00. The fourth-order valence-corrected chi connectivity index (χ4v) is 1.60. The van der Waals surface area contributed by atoms with Crippen LogP contribution in [0.2, 0.25) is 0 Å². The first-order valence-corrected chi connectivity index (χ1v) is 4.70. The standard InChI is InChI=1S/C8H13N3OS/c1-3-4-5-10-8-6(12-2)7(9)11-13-8/h3,10H,1,4-5H2,2H3,(H2,9,11). The van der Waals surface area contributed by atoms with Gasteiger partial charge in [0.2, 0.25) is 0 Å². The summed E-state index contributed by atoms with van der Waals surface area (Å²) in [6.45, 7) is 4.45. The van der Waals surface area contributed by atoms with E-state index in [2.05, 4.69) is 16.3 Å². The Hall–Kier alpha value is -1.23. The number of methoxy groups -OCH3 is 1. The number of rotatable bonds is 5. The number of nitrogens with one attached hydrogen (secondary N) is 1. The van der Waals surface area contributed by atoms with Gasteiger partial charge in [0.05, 0.1) is 7.11 Å². The number of ether oxygens (including phenoxy) is 1. The number of aromatic nitrogens is 1. The molecule has 1 heterocycles. The van der Waals surface area contributed by atoms with Gasteiger partial charge in [-0.3, -0.25) is 0 Å². The molecule has 0 saturated heterocycles. The van der Waals surface area contributed by atoms with Crippen LogP contribution in [0.25, 0.3) is 0 Å². The van der Waals surface area contributed by atoms with Crippen LogP contribution in [0.3, 0.4) is 0 Å². The molecule has 3 N–H and O–H groups in total. The van der Waals surface area contributed by atoms with Crippen LogP contribution in [0.5, 0.6) is 5.75 Å². The number of nitrogens with two attached hydrogens (primary N) is 1. The van der Waals surface area contributed by atoms with Gasteiger partial charge in [-0.1, -0.05) is 6.08 Å². The smallest absolute Gasteiger partial charge is 0.197 e. The molecule has 5 heteroatoms. The van der Waals surface area contributed by atoms with Gasteiger partial charge in [-0.05, 0) is 18.0 Å². The summed E-state index contributed by atoms with van der Waals surface area (Å²) >= 11 is 1.31. The summed E-state index contributed by atoms with van der Waals surface area (Å²) in [6, 6.07) is 0. The molecule has 0 aliphatic rings. The van der Waals surface area contributed by atoms with E-state index < -0.39 is 0 Å². The van der Waals surface area contributed by atoms with Gasteiger partial charge >= 0.3 is 0 Å². The van der Waals surface area contributed by atoms with Crippen molar-refractivity contribution in [3.05, 3.63) is 12.7 Å². The van der Waals surface area contributed by atoms with E-state index in [0.29, 0.717) is 11.6 Å². The van der Waals surface area contributed by atoms with Gasteiger partial charge in [0.25, 0.3) is 0 Å². The van der Waals surface area contributed by atoms with Crippen molar-refractivity contribution in [3.8, 4) is 5.75 Å². The van der Waals surface area contributed by atoms with Gasteiger partial charge in [0, 0.05) is 6.54 Å². The number of anilines is 2. The van der Waals surface area contributed by atoms with Crippen molar-refractivity contribution in [2.75, 3.05) is 24.7 Å². The maximum atomic E-state index is 5.57. The first-order valence-electron chi connectivity index (χ1n) is 3.93. The quantitative estimate of drug-likeness (QED) is 0.560. The second kappa shape index (κ2) is 4.71. The summed E-state index contributed by atoms with van der Waals surface area (Å²) in [5, 5.41) is 4.04. The minimum atomic E-state index is 0.439. The predicted molar refractivity (Wildman–Crippen MR) is 56.4 cm³/mol. The molecule has 0 bridgehead atoms. The first-order chi connectivity index (χ1) is 6.29. The molecule has 1 rings (SSSR count). The van der Waals surface area contributed by atoms with Crippen LogP contribution in [0.15, 0.2) is 12.7 Å². The fraction of sp³-hybridized carbons (Fsp3) is 0.375. The van der Waals surface area contributed by atoms with Crippen molar-refractivity contribution in [1.82, 2.24) is 4.37 Å². The van der Waals surface area contributed by atoms with Crippen LogP contribution in [-0.2, 0) is 0 Å². The number of nitrogens with zero attached hydrogens (tertiary/aromatic N) is 1. The lowest BCUT2D eigenvalue weighted by molar-refractivity contribution is 0.419. The molecule has 0 saturated carbocycles. The number of hydrogen-bond donors (Lipinski definition) is 2. The fourth-order valence-electron chi connectivity index (χ4n) is 0.892. The summed E-state index contributed by atoms with van der Waals surface area (Å²) in [6.07, 6.45) is 2.75. The van der Waals surface area contributed by atoms with Gasteiger partial charge in [-0.2, -0.15) is 4.37 Å². The summed E-state index contributed by atoms with van der Waals surface area (Å²) in [7, 11) is 1.58. The molecule has 0 unspecified atom stereocenters. The number of hydrogen-bond acceptors (Lipinski definition) is 5. The Morgan fingerprint density at radius 3 is 3.15 bits per heavy atom. The van der Waals surface area contributed by atoms with Gasteiger partial charge in [-0.25, -0.2) is 0 Å². The van der Waals surface area contributed by atoms with Crippen molar-refractivity contribution in [1.29, 1.82) is 0 Å². The Morgan fingerprint density at radius 1 is 1.77 bits per heavy atom. The van der Waals surface area contributed by atoms with Crippen molar-refractivity contribution in [2.45, 2.75) is 6.42 Å². The van der Waals surface area contributed by atoms with Gasteiger partial charge in [0.15, 0.2) is 16.6 Å². The van der Waals surface area contributed by atoms with E-state index in [-0.39, 0.29) is 0 Å². The molecule has 0 aromatic carbocycles. The third-order valence-electron chi connectivity index (χ3n) is 1.51. The summed E-state index contributed by atoms with van der Waals surface area (Å²) in [5.74, 6) is 1.07. The van der Waals surface area contributed by atoms with Gasteiger partial charge < -0.3 is 15.8 Å². The Kier molecular flexibility index (Phi) is 3.57. The van der Waals surface area contributed by atoms with E-state index in [1.165, 1.54) is 11.5 Å². The van der Waals surface area contributed by atoms with E-state index in [1.807, 2.05) is 6.08 Å². The molecule has 72 valence electrons. The molecule has 13 heavy (non-hydrogen) atoms. The molecule has 0 aliphatic carbocycles. The van der Waals surface area contributed by atoms with Crippen LogP contribution in [-0.4, -0.2) is 18.0 Å². The Morgan fingerprint density at radius 2 is 2.54 bits per heavy atom. The Balaban J connectivity index is 2.59. The van der Waals surface area contributed by atoms with Crippen molar-refractivity contribution in [3.63, 3.8) is 0 Å². The van der Waals surface area contributed by atoms with Gasteiger partial charge in [0.1, 0.15) is 0 Å². The van der Waals surface area contributed by atoms with E-state index in [4.69, 9.17) is 10.5 Å². The molecule has 1 aromatic heterocycles. The van der Waals surface area contributed by atoms with Crippen LogP contribution in [0.4, 0.5) is 10.8 Å². The maximum absolute atomic E-state index is 5.57. The van der Waals surface area contributed by atoms with Crippen LogP contribution in [0.1, 0.15) is 6.42 Å². The average Bonchev–Trinajstić information content (AvgIpc) is 2.47. The first kappa shape index (κ1) is 9.85. The van der Waals surface area contributed by atoms with Crippen molar-refractivity contribution < 1.29 is 4.74 Å². The zero-order valence-electron chi connectivity index (χ0n) is 7.54. The van der Waals surface area contributed by atoms with E-state index in [9.17, 15) is 0 Å². The molecule has 0 atom stereocenters. The highest BCUT2D eigenvalue weighted by Gasteiger charge is 2.10. The molecule has 4 nitrogen and oxygen atoms in total. The highest BCUT2D eigenvalue weighted by Crippen LogP contribution is 2.34. The second-order valence-corrected chi connectivity index (χ2v) is 3.21. The average molecular weight is 199 g/mol. The zero-order chi connectivity index (χ0) is 9.68. The van der Waals surface area contributed by atoms with E-state index >= 15 is 0 Å². The van der Waals surface area contributed by atoms with Crippen LogP contribution in [0, 0.1) is 0 Å². The highest BCUT2D eigenvalue weighted by molar-refractivity contribution is 7.11. The minimum absolute atomic E-state index is 0.439. The molecular weight excluding hydrogens is 186 g/mol. The zero-order valence-corrected chi connectivity index (χ0v) is 8.36. The third-order valence-corrected chi connectivity index (χ3v) is 2.31. The monoisotopic (exact) mass is 199 g/mol. The largest absolute Gasteiger partial charge is 0.490 e. The third kappa shape index (κ3) is 2.35. The highest BCUT2D eigenvalue weighted by atomic mass is 32.1. The molecule has 0 amide bonds. The normalized spacial score (nSPS) is 9.62. The second-order valence-electron chi connectivity index (χ2n) is 2.43. The Labute approximate surface area is 81.6 Å². The minimum Gasteiger partial charge on any atom is -0.490 e. The molecular formula is C8H13N3OS. The van der Waals surface area contributed by atoms with Gasteiger partial charge in [-0.15, -0.1) is 6.58 Å². The van der Waals surface area contributed by atoms with E-state index in [1.54, 1.807) is 7.11 Å². The van der Waals surface area contributed by atoms with Crippen molar-refractivity contribution >= 4 is 22.4 Å². The molecule has 1 aromatic rings. The van der Waals surface area contributed by atoms with E-state index in [0.717, 1.165) is 18.0 Å². The Bertz CT molecular complexity index is 285. The van der Waals surface area contributed by atoms with Crippen molar-refractivity contribution in [2.24, 2.45) is 0 Å². The summed E-state index contributed by atoms with van der Waals surface area (Å²) < 4.78 is 9.05. The molecule has 0 spiro atoms. The topological polar surface area (TPSA) is 60.2 Å². The maximum Gasteiger partial charge on any atom is 0.197 e. The predicted octanol–water partition coefficient (Wildman–Crippen LogP) is 1.72. The number of nitrogen functional groups attached to an aromatic ring is 1. The van der Waals surface area contributed by atoms with Crippen LogP contribution >= 0.6 is 11.5 Å². The summed E-state index contributed by atoms with van der Waals surface area (Å²) in [5.41, 5.74) is 5.57. The van der Waals surface area contributed by atoms with Crippen LogP contribution < -0.4 is 15.8 Å². The lowest BCUT2D eigenvalue weighted by Gasteiger charge is -2.03.